The average molecular weight is 479 g/mol. The molecule has 0 unspecified atom stereocenters. The standard InChI is InChI=1S/C20H22F4N2O3S2/c1-31(28,29)26(18-5-2-4-16(12-18)20(22,23)24)13-19(27)25-10-3-11-30-14-15-6-8-17(21)9-7-15/h2,4-9,12H,3,10-11,13-14H2,1H3,(H,25,27). The minimum Gasteiger partial charge on any atom is -0.354 e. The Morgan fingerprint density at radius 3 is 2.42 bits per heavy atom. The lowest BCUT2D eigenvalue weighted by molar-refractivity contribution is -0.137. The van der Waals surface area contributed by atoms with Gasteiger partial charge in [-0.3, -0.25) is 9.10 Å². The van der Waals surface area contributed by atoms with Crippen LogP contribution in [0.1, 0.15) is 17.5 Å². The van der Waals surface area contributed by atoms with Gasteiger partial charge in [-0.15, -0.1) is 0 Å². The normalized spacial score (nSPS) is 11.9. The van der Waals surface area contributed by atoms with Crippen LogP contribution in [0.2, 0.25) is 0 Å². The molecule has 0 radical (unpaired) electrons. The number of halogens is 4. The summed E-state index contributed by atoms with van der Waals surface area (Å²) in [5.41, 5.74) is -0.264. The molecule has 0 aromatic heterocycles. The zero-order chi connectivity index (χ0) is 23.1. The highest BCUT2D eigenvalue weighted by atomic mass is 32.2. The zero-order valence-electron chi connectivity index (χ0n) is 16.7. The van der Waals surface area contributed by atoms with Gasteiger partial charge in [0.05, 0.1) is 17.5 Å². The summed E-state index contributed by atoms with van der Waals surface area (Å²) in [6.45, 7) is -0.335. The van der Waals surface area contributed by atoms with Crippen LogP contribution in [0.4, 0.5) is 23.2 Å². The molecule has 0 aliphatic carbocycles. The van der Waals surface area contributed by atoms with E-state index in [9.17, 15) is 30.8 Å². The molecule has 0 saturated carbocycles. The molecule has 31 heavy (non-hydrogen) atoms. The summed E-state index contributed by atoms with van der Waals surface area (Å²) in [4.78, 5) is 12.2. The van der Waals surface area contributed by atoms with Crippen molar-refractivity contribution in [2.24, 2.45) is 0 Å². The number of hydrogen-bond acceptors (Lipinski definition) is 4. The van der Waals surface area contributed by atoms with E-state index < -0.39 is 34.2 Å². The first-order chi connectivity index (χ1) is 14.5. The predicted octanol–water partition coefficient (Wildman–Crippen LogP) is 4.05. The first-order valence-electron chi connectivity index (χ1n) is 9.20. The fraction of sp³-hybridized carbons (Fsp3) is 0.350. The Balaban J connectivity index is 1.84. The highest BCUT2D eigenvalue weighted by Crippen LogP contribution is 2.32. The first kappa shape index (κ1) is 25.0. The largest absolute Gasteiger partial charge is 0.416 e. The van der Waals surface area contributed by atoms with Crippen molar-refractivity contribution in [3.8, 4) is 0 Å². The first-order valence-corrected chi connectivity index (χ1v) is 12.2. The molecular weight excluding hydrogens is 456 g/mol. The lowest BCUT2D eigenvalue weighted by Gasteiger charge is -2.22. The maximum absolute atomic E-state index is 12.9. The Morgan fingerprint density at radius 1 is 1.13 bits per heavy atom. The van der Waals surface area contributed by atoms with Gasteiger partial charge in [0.15, 0.2) is 0 Å². The summed E-state index contributed by atoms with van der Waals surface area (Å²) >= 11 is 1.60. The van der Waals surface area contributed by atoms with Crippen molar-refractivity contribution < 1.29 is 30.8 Å². The number of carbonyl (C=O) groups is 1. The number of benzene rings is 2. The molecule has 0 aliphatic heterocycles. The molecule has 0 saturated heterocycles. The molecule has 5 nitrogen and oxygen atoms in total. The minimum atomic E-state index is -4.63. The van der Waals surface area contributed by atoms with Gasteiger partial charge in [-0.05, 0) is 48.1 Å². The van der Waals surface area contributed by atoms with Gasteiger partial charge in [0.1, 0.15) is 12.4 Å². The fourth-order valence-corrected chi connectivity index (χ4v) is 4.37. The van der Waals surface area contributed by atoms with Crippen molar-refractivity contribution in [2.45, 2.75) is 18.3 Å². The van der Waals surface area contributed by atoms with Gasteiger partial charge in [-0.25, -0.2) is 12.8 Å². The van der Waals surface area contributed by atoms with Crippen LogP contribution in [0.25, 0.3) is 0 Å². The van der Waals surface area contributed by atoms with Gasteiger partial charge in [0.25, 0.3) is 0 Å². The van der Waals surface area contributed by atoms with Crippen molar-refractivity contribution in [3.05, 3.63) is 65.5 Å². The molecule has 11 heteroatoms. The monoisotopic (exact) mass is 478 g/mol. The highest BCUT2D eigenvalue weighted by Gasteiger charge is 2.31. The number of rotatable bonds is 10. The summed E-state index contributed by atoms with van der Waals surface area (Å²) in [5, 5.41) is 2.58. The third-order valence-corrected chi connectivity index (χ3v) is 6.37. The smallest absolute Gasteiger partial charge is 0.354 e. The topological polar surface area (TPSA) is 66.5 Å². The van der Waals surface area contributed by atoms with E-state index in [0.717, 1.165) is 24.0 Å². The average Bonchev–Trinajstić information content (AvgIpc) is 2.68. The lowest BCUT2D eigenvalue weighted by atomic mass is 10.2. The Morgan fingerprint density at radius 2 is 1.81 bits per heavy atom. The molecule has 1 N–H and O–H groups in total. The Labute approximate surface area is 182 Å². The molecule has 0 fully saturated rings. The molecule has 0 bridgehead atoms. The number of carbonyl (C=O) groups excluding carboxylic acids is 1. The summed E-state index contributed by atoms with van der Waals surface area (Å²) in [5.74, 6) is 0.475. The van der Waals surface area contributed by atoms with Crippen LogP contribution in [-0.4, -0.2) is 39.4 Å². The van der Waals surface area contributed by atoms with Crippen molar-refractivity contribution in [3.63, 3.8) is 0 Å². The van der Waals surface area contributed by atoms with Crippen molar-refractivity contribution in [1.29, 1.82) is 0 Å². The Kier molecular flexibility index (Phi) is 8.75. The zero-order valence-corrected chi connectivity index (χ0v) is 18.3. The van der Waals surface area contributed by atoms with E-state index >= 15 is 0 Å². The maximum Gasteiger partial charge on any atom is 0.416 e. The van der Waals surface area contributed by atoms with Gasteiger partial charge in [-0.1, -0.05) is 18.2 Å². The predicted molar refractivity (Wildman–Crippen MR) is 114 cm³/mol. The van der Waals surface area contributed by atoms with Crippen molar-refractivity contribution in [2.75, 3.05) is 29.4 Å². The number of nitrogens with zero attached hydrogens (tertiary/aromatic N) is 1. The minimum absolute atomic E-state index is 0.234. The number of hydrogen-bond donors (Lipinski definition) is 1. The molecular formula is C20H22F4N2O3S2. The molecule has 2 aromatic rings. The van der Waals surface area contributed by atoms with E-state index in [4.69, 9.17) is 0 Å². The van der Waals surface area contributed by atoms with E-state index in [0.29, 0.717) is 28.3 Å². The molecule has 2 rings (SSSR count). The number of nitrogens with one attached hydrogen (secondary N) is 1. The second-order valence-corrected chi connectivity index (χ2v) is 9.71. The number of sulfonamides is 1. The third kappa shape index (κ3) is 8.41. The second kappa shape index (κ2) is 10.9. The van der Waals surface area contributed by atoms with E-state index in [-0.39, 0.29) is 18.0 Å². The van der Waals surface area contributed by atoms with Gasteiger partial charge in [0, 0.05) is 12.3 Å². The van der Waals surface area contributed by atoms with Crippen molar-refractivity contribution >= 4 is 33.4 Å². The molecule has 170 valence electrons. The molecule has 0 heterocycles. The highest BCUT2D eigenvalue weighted by molar-refractivity contribution is 7.98. The molecule has 1 amide bonds. The molecule has 0 atom stereocenters. The molecule has 0 aliphatic rings. The fourth-order valence-electron chi connectivity index (χ4n) is 2.60. The van der Waals surface area contributed by atoms with Gasteiger partial charge < -0.3 is 5.32 Å². The Hall–Kier alpha value is -2.27. The summed E-state index contributed by atoms with van der Waals surface area (Å²) < 4.78 is 76.3. The van der Waals surface area contributed by atoms with Gasteiger partial charge in [0.2, 0.25) is 15.9 Å². The SMILES string of the molecule is CS(=O)(=O)N(CC(=O)NCCCSCc1ccc(F)cc1)c1cccc(C(F)(F)F)c1. The van der Waals surface area contributed by atoms with Crippen LogP contribution < -0.4 is 9.62 Å². The van der Waals surface area contributed by atoms with E-state index in [2.05, 4.69) is 5.32 Å². The van der Waals surface area contributed by atoms with Crippen LogP contribution in [0.15, 0.2) is 48.5 Å². The number of amides is 1. The van der Waals surface area contributed by atoms with Crippen LogP contribution in [0, 0.1) is 5.82 Å². The van der Waals surface area contributed by atoms with Crippen molar-refractivity contribution in [1.82, 2.24) is 5.32 Å². The summed E-state index contributed by atoms with van der Waals surface area (Å²) in [6.07, 6.45) is -3.19. The Bertz CT molecular complexity index is 981. The third-order valence-electron chi connectivity index (χ3n) is 4.12. The lowest BCUT2D eigenvalue weighted by Crippen LogP contribution is -2.40. The van der Waals surface area contributed by atoms with Gasteiger partial charge in [-0.2, -0.15) is 24.9 Å². The second-order valence-electron chi connectivity index (χ2n) is 6.70. The van der Waals surface area contributed by atoms with Gasteiger partial charge >= 0.3 is 6.18 Å². The number of thioether (sulfide) groups is 1. The molecule has 0 spiro atoms. The van der Waals surface area contributed by atoms with E-state index in [1.165, 1.54) is 18.2 Å². The van der Waals surface area contributed by atoms with Crippen LogP contribution >= 0.6 is 11.8 Å². The quantitative estimate of drug-likeness (QED) is 0.413. The van der Waals surface area contributed by atoms with Crippen LogP contribution in [-0.2, 0) is 26.7 Å². The number of anilines is 1. The summed E-state index contributed by atoms with van der Waals surface area (Å²) in [6, 6.07) is 9.97. The van der Waals surface area contributed by atoms with Crippen LogP contribution in [0.5, 0.6) is 0 Å². The number of alkyl halides is 3. The van der Waals surface area contributed by atoms with Crippen LogP contribution in [0.3, 0.4) is 0 Å². The van der Waals surface area contributed by atoms with E-state index in [1.807, 2.05) is 0 Å². The maximum atomic E-state index is 12.9. The van der Waals surface area contributed by atoms with E-state index in [1.54, 1.807) is 23.9 Å². The summed E-state index contributed by atoms with van der Waals surface area (Å²) in [7, 11) is -3.97. The molecule has 2 aromatic carbocycles.